The number of aryl methyl sites for hydroxylation is 2. The maximum absolute atomic E-state index is 11.4. The molecule has 0 radical (unpaired) electrons. The fraction of sp³-hybridized carbons (Fsp3) is 0.300. The summed E-state index contributed by atoms with van der Waals surface area (Å²) in [6.07, 6.45) is 2.54. The first-order valence-corrected chi connectivity index (χ1v) is 8.49. The topological polar surface area (TPSA) is 75.2 Å². The lowest BCUT2D eigenvalue weighted by Crippen LogP contribution is -1.99. The highest BCUT2D eigenvalue weighted by atomic mass is 16.5. The predicted octanol–water partition coefficient (Wildman–Crippen LogP) is 4.33. The zero-order valence-corrected chi connectivity index (χ0v) is 14.3. The van der Waals surface area contributed by atoms with E-state index in [4.69, 9.17) is 4.74 Å². The number of hydrogen-bond donors (Lipinski definition) is 2. The Bertz CT molecular complexity index is 970. The summed E-state index contributed by atoms with van der Waals surface area (Å²) in [6.45, 7) is 4.79. The molecule has 128 valence electrons. The van der Waals surface area contributed by atoms with E-state index in [0.29, 0.717) is 10.9 Å². The van der Waals surface area contributed by atoms with Gasteiger partial charge in [-0.3, -0.25) is 5.10 Å². The SMILES string of the molecule is Cc1cc(OCC2CC2)ccc1-c1cc(C)c2n[nH]c(C(=O)O)c2c1. The smallest absolute Gasteiger partial charge is 0.354 e. The number of benzene rings is 2. The van der Waals surface area contributed by atoms with Gasteiger partial charge in [-0.15, -0.1) is 0 Å². The lowest BCUT2D eigenvalue weighted by molar-refractivity contribution is 0.0692. The third kappa shape index (κ3) is 2.97. The minimum atomic E-state index is -1.00. The molecule has 1 heterocycles. The van der Waals surface area contributed by atoms with Crippen LogP contribution in [0.4, 0.5) is 0 Å². The number of nitrogens with one attached hydrogen (secondary N) is 1. The first kappa shape index (κ1) is 15.7. The van der Waals surface area contributed by atoms with Crippen molar-refractivity contribution in [2.24, 2.45) is 5.92 Å². The van der Waals surface area contributed by atoms with Crippen LogP contribution < -0.4 is 4.74 Å². The predicted molar refractivity (Wildman–Crippen MR) is 96.2 cm³/mol. The second-order valence-corrected chi connectivity index (χ2v) is 6.82. The Hall–Kier alpha value is -2.82. The van der Waals surface area contributed by atoms with Gasteiger partial charge >= 0.3 is 5.97 Å². The number of hydrogen-bond acceptors (Lipinski definition) is 3. The van der Waals surface area contributed by atoms with Crippen molar-refractivity contribution >= 4 is 16.9 Å². The first-order chi connectivity index (χ1) is 12.0. The molecule has 0 atom stereocenters. The largest absolute Gasteiger partial charge is 0.493 e. The first-order valence-electron chi connectivity index (χ1n) is 8.49. The van der Waals surface area contributed by atoms with Crippen LogP contribution in [-0.4, -0.2) is 27.9 Å². The molecule has 2 aromatic carbocycles. The van der Waals surface area contributed by atoms with Gasteiger partial charge in [-0.25, -0.2) is 4.79 Å². The van der Waals surface area contributed by atoms with Gasteiger partial charge in [0.25, 0.3) is 0 Å². The average molecular weight is 336 g/mol. The van der Waals surface area contributed by atoms with E-state index in [1.54, 1.807) is 0 Å². The number of aromatic carboxylic acids is 1. The molecule has 2 N–H and O–H groups in total. The van der Waals surface area contributed by atoms with Crippen LogP contribution in [0, 0.1) is 19.8 Å². The molecule has 25 heavy (non-hydrogen) atoms. The molecule has 0 unspecified atom stereocenters. The van der Waals surface area contributed by atoms with Crippen molar-refractivity contribution in [2.75, 3.05) is 6.61 Å². The van der Waals surface area contributed by atoms with Gasteiger partial charge in [0.05, 0.1) is 12.1 Å². The standard InChI is InChI=1S/C20H20N2O3/c1-11-8-15(25-10-13-3-4-13)5-6-16(11)14-7-12(2)18-17(9-14)19(20(23)24)22-21-18/h5-9,13H,3-4,10H2,1-2H3,(H,21,22)(H,23,24). The molecule has 0 bridgehead atoms. The van der Waals surface area contributed by atoms with Gasteiger partial charge in [-0.2, -0.15) is 5.10 Å². The van der Waals surface area contributed by atoms with Crippen LogP contribution in [0.15, 0.2) is 30.3 Å². The number of rotatable bonds is 5. The Morgan fingerprint density at radius 1 is 1.24 bits per heavy atom. The van der Waals surface area contributed by atoms with Crippen molar-refractivity contribution in [3.8, 4) is 16.9 Å². The zero-order valence-electron chi connectivity index (χ0n) is 14.3. The number of carboxylic acids is 1. The minimum Gasteiger partial charge on any atom is -0.493 e. The summed E-state index contributed by atoms with van der Waals surface area (Å²) in [5, 5.41) is 16.7. The van der Waals surface area contributed by atoms with Gasteiger partial charge in [0.15, 0.2) is 5.69 Å². The van der Waals surface area contributed by atoms with Gasteiger partial charge in [0.1, 0.15) is 5.75 Å². The van der Waals surface area contributed by atoms with Crippen molar-refractivity contribution in [3.05, 3.63) is 47.2 Å². The highest BCUT2D eigenvalue weighted by molar-refractivity contribution is 6.03. The molecule has 4 rings (SSSR count). The Morgan fingerprint density at radius 2 is 2.04 bits per heavy atom. The number of carbonyl (C=O) groups is 1. The average Bonchev–Trinajstić information content (AvgIpc) is 3.29. The Morgan fingerprint density at radius 3 is 2.72 bits per heavy atom. The molecular weight excluding hydrogens is 316 g/mol. The van der Waals surface area contributed by atoms with E-state index in [2.05, 4.69) is 10.2 Å². The third-order valence-electron chi connectivity index (χ3n) is 4.75. The Kier molecular flexibility index (Phi) is 3.71. The molecule has 1 aliphatic carbocycles. The maximum Gasteiger partial charge on any atom is 0.354 e. The van der Waals surface area contributed by atoms with Crippen molar-refractivity contribution in [1.82, 2.24) is 10.2 Å². The van der Waals surface area contributed by atoms with E-state index < -0.39 is 5.97 Å². The second-order valence-electron chi connectivity index (χ2n) is 6.82. The summed E-state index contributed by atoms with van der Waals surface area (Å²) < 4.78 is 5.84. The lowest BCUT2D eigenvalue weighted by atomic mass is 9.96. The summed E-state index contributed by atoms with van der Waals surface area (Å²) in [6, 6.07) is 10.0. The molecule has 1 saturated carbocycles. The fourth-order valence-electron chi connectivity index (χ4n) is 3.16. The molecular formula is C20H20N2O3. The van der Waals surface area contributed by atoms with E-state index in [0.717, 1.165) is 40.5 Å². The number of aromatic amines is 1. The molecule has 1 fully saturated rings. The highest BCUT2D eigenvalue weighted by Gasteiger charge is 2.22. The van der Waals surface area contributed by atoms with E-state index in [-0.39, 0.29) is 5.69 Å². The number of nitrogens with zero attached hydrogens (tertiary/aromatic N) is 1. The second kappa shape index (κ2) is 5.92. The van der Waals surface area contributed by atoms with Crippen molar-refractivity contribution in [2.45, 2.75) is 26.7 Å². The molecule has 0 saturated heterocycles. The number of ether oxygens (including phenoxy) is 1. The fourth-order valence-corrected chi connectivity index (χ4v) is 3.16. The van der Waals surface area contributed by atoms with E-state index in [1.807, 2.05) is 44.2 Å². The molecule has 5 nitrogen and oxygen atoms in total. The van der Waals surface area contributed by atoms with Crippen LogP contribution in [0.3, 0.4) is 0 Å². The van der Waals surface area contributed by atoms with Crippen LogP contribution in [0.1, 0.15) is 34.5 Å². The van der Waals surface area contributed by atoms with Crippen molar-refractivity contribution in [3.63, 3.8) is 0 Å². The molecule has 3 aromatic rings. The van der Waals surface area contributed by atoms with Crippen LogP contribution in [-0.2, 0) is 0 Å². The highest BCUT2D eigenvalue weighted by Crippen LogP contribution is 2.33. The quantitative estimate of drug-likeness (QED) is 0.727. The minimum absolute atomic E-state index is 0.127. The molecule has 5 heteroatoms. The third-order valence-corrected chi connectivity index (χ3v) is 4.75. The summed E-state index contributed by atoms with van der Waals surface area (Å²) in [5.74, 6) is 0.612. The van der Waals surface area contributed by atoms with E-state index in [1.165, 1.54) is 12.8 Å². The van der Waals surface area contributed by atoms with Crippen LogP contribution in [0.2, 0.25) is 0 Å². The van der Waals surface area contributed by atoms with Gasteiger partial charge in [-0.1, -0.05) is 6.07 Å². The molecule has 0 amide bonds. The van der Waals surface area contributed by atoms with Gasteiger partial charge in [-0.05, 0) is 79.1 Å². The van der Waals surface area contributed by atoms with Gasteiger partial charge < -0.3 is 9.84 Å². The molecule has 1 aromatic heterocycles. The van der Waals surface area contributed by atoms with Crippen LogP contribution in [0.25, 0.3) is 22.0 Å². The summed E-state index contributed by atoms with van der Waals surface area (Å²) in [7, 11) is 0. The van der Waals surface area contributed by atoms with Crippen molar-refractivity contribution < 1.29 is 14.6 Å². The Labute approximate surface area is 145 Å². The summed E-state index contributed by atoms with van der Waals surface area (Å²) in [4.78, 5) is 11.4. The molecule has 0 aliphatic heterocycles. The van der Waals surface area contributed by atoms with Crippen LogP contribution in [0.5, 0.6) is 5.75 Å². The molecule has 0 spiro atoms. The summed E-state index contributed by atoms with van der Waals surface area (Å²) in [5.41, 5.74) is 4.93. The monoisotopic (exact) mass is 336 g/mol. The summed E-state index contributed by atoms with van der Waals surface area (Å²) >= 11 is 0. The maximum atomic E-state index is 11.4. The number of fused-ring (bicyclic) bond motifs is 1. The Balaban J connectivity index is 1.73. The zero-order chi connectivity index (χ0) is 17.6. The number of H-pyrrole nitrogens is 1. The lowest BCUT2D eigenvalue weighted by Gasteiger charge is -2.11. The van der Waals surface area contributed by atoms with Crippen molar-refractivity contribution in [1.29, 1.82) is 0 Å². The number of carboxylic acid groups (broad SMARTS) is 1. The van der Waals surface area contributed by atoms with Gasteiger partial charge in [0, 0.05) is 5.39 Å². The van der Waals surface area contributed by atoms with E-state index in [9.17, 15) is 9.90 Å². The number of aromatic nitrogens is 2. The van der Waals surface area contributed by atoms with Crippen LogP contribution >= 0.6 is 0 Å². The molecule has 1 aliphatic rings. The van der Waals surface area contributed by atoms with Gasteiger partial charge in [0.2, 0.25) is 0 Å². The normalized spacial score (nSPS) is 14.0. The van der Waals surface area contributed by atoms with E-state index >= 15 is 0 Å².